The third-order valence-corrected chi connectivity index (χ3v) is 4.66. The quantitative estimate of drug-likeness (QED) is 0.495. The van der Waals surface area contributed by atoms with Crippen LogP contribution in [0, 0.1) is 6.92 Å². The minimum atomic E-state index is 0.580. The lowest BCUT2D eigenvalue weighted by atomic mass is 9.87. The number of hydrogen-bond donors (Lipinski definition) is 0. The molecule has 0 aliphatic carbocycles. The van der Waals surface area contributed by atoms with Gasteiger partial charge >= 0.3 is 0 Å². The first-order chi connectivity index (χ1) is 11.6. The molecule has 2 aromatic rings. The van der Waals surface area contributed by atoms with Crippen LogP contribution in [0.25, 0.3) is 5.57 Å². The fourth-order valence-electron chi connectivity index (χ4n) is 3.31. The molecule has 0 heteroatoms. The highest BCUT2D eigenvalue weighted by atomic mass is 14.2. The number of aryl methyl sites for hydroxylation is 1. The average Bonchev–Trinajstić information content (AvgIpc) is 2.58. The van der Waals surface area contributed by atoms with Crippen LogP contribution < -0.4 is 0 Å². The van der Waals surface area contributed by atoms with E-state index in [2.05, 4.69) is 83.1 Å². The van der Waals surface area contributed by atoms with Crippen LogP contribution in [-0.4, -0.2) is 0 Å². The molecule has 0 fully saturated rings. The van der Waals surface area contributed by atoms with Gasteiger partial charge in [-0.2, -0.15) is 0 Å². The largest absolute Gasteiger partial charge is 0.0651 e. The molecular weight excluding hydrogens is 288 g/mol. The maximum Gasteiger partial charge on any atom is -0.0119 e. The molecule has 24 heavy (non-hydrogen) atoms. The Balaban J connectivity index is 2.56. The maximum absolute atomic E-state index is 2.32. The van der Waals surface area contributed by atoms with E-state index in [4.69, 9.17) is 0 Å². The monoisotopic (exact) mass is 320 g/mol. The lowest BCUT2D eigenvalue weighted by Gasteiger charge is -2.17. The van der Waals surface area contributed by atoms with Crippen molar-refractivity contribution >= 4 is 5.57 Å². The van der Waals surface area contributed by atoms with Crippen molar-refractivity contribution in [3.63, 3.8) is 0 Å². The first-order valence-corrected chi connectivity index (χ1v) is 9.46. The normalized spacial score (nSPS) is 10.9. The van der Waals surface area contributed by atoms with E-state index < -0.39 is 0 Å². The minimum Gasteiger partial charge on any atom is -0.0651 e. The molecule has 0 bridgehead atoms. The van der Waals surface area contributed by atoms with Gasteiger partial charge in [0.25, 0.3) is 0 Å². The summed E-state index contributed by atoms with van der Waals surface area (Å²) in [5.74, 6) is 0.580. The summed E-state index contributed by atoms with van der Waals surface area (Å²) in [6.45, 7) is 11.2. The molecule has 0 unspecified atom stereocenters. The van der Waals surface area contributed by atoms with Gasteiger partial charge in [-0.15, -0.1) is 0 Å². The molecule has 0 nitrogen and oxygen atoms in total. The zero-order valence-electron chi connectivity index (χ0n) is 16.0. The molecule has 128 valence electrons. The van der Waals surface area contributed by atoms with E-state index in [0.29, 0.717) is 5.92 Å². The van der Waals surface area contributed by atoms with Gasteiger partial charge in [-0.05, 0) is 47.9 Å². The van der Waals surface area contributed by atoms with Crippen LogP contribution in [0.2, 0.25) is 0 Å². The van der Waals surface area contributed by atoms with Crippen molar-refractivity contribution in [2.24, 2.45) is 0 Å². The number of benzene rings is 2. The van der Waals surface area contributed by atoms with Crippen molar-refractivity contribution in [2.75, 3.05) is 0 Å². The van der Waals surface area contributed by atoms with Crippen molar-refractivity contribution in [1.82, 2.24) is 0 Å². The van der Waals surface area contributed by atoms with Gasteiger partial charge in [0.05, 0.1) is 0 Å². The molecule has 0 spiro atoms. The highest BCUT2D eigenvalue weighted by molar-refractivity contribution is 5.82. The summed E-state index contributed by atoms with van der Waals surface area (Å²) in [6.07, 6.45) is 4.77. The van der Waals surface area contributed by atoms with E-state index in [1.807, 2.05) is 0 Å². The summed E-state index contributed by atoms with van der Waals surface area (Å²) in [5.41, 5.74) is 8.50. The van der Waals surface area contributed by atoms with Gasteiger partial charge in [0.2, 0.25) is 0 Å². The molecule has 0 atom stereocenters. The Morgan fingerprint density at radius 2 is 1.21 bits per heavy atom. The molecule has 0 saturated heterocycles. The molecule has 0 N–H and O–H groups in total. The average molecular weight is 321 g/mol. The van der Waals surface area contributed by atoms with E-state index in [0.717, 1.165) is 0 Å². The second-order valence-corrected chi connectivity index (χ2v) is 7.12. The van der Waals surface area contributed by atoms with Crippen LogP contribution in [0.15, 0.2) is 54.1 Å². The van der Waals surface area contributed by atoms with Gasteiger partial charge in [0, 0.05) is 0 Å². The second-order valence-electron chi connectivity index (χ2n) is 7.12. The molecule has 2 rings (SSSR count). The van der Waals surface area contributed by atoms with Gasteiger partial charge in [0.15, 0.2) is 0 Å². The Kier molecular flexibility index (Phi) is 6.85. The SMILES string of the molecule is CCCC(CCC)=C(c1ccc(C)cc1)c1ccc(C(C)C)cc1. The summed E-state index contributed by atoms with van der Waals surface area (Å²) in [4.78, 5) is 0. The van der Waals surface area contributed by atoms with Crippen LogP contribution in [0.1, 0.15) is 81.5 Å². The number of hydrogen-bond acceptors (Lipinski definition) is 0. The summed E-state index contributed by atoms with van der Waals surface area (Å²) in [5, 5.41) is 0. The maximum atomic E-state index is 2.32. The van der Waals surface area contributed by atoms with Crippen molar-refractivity contribution in [1.29, 1.82) is 0 Å². The predicted molar refractivity (Wildman–Crippen MR) is 108 cm³/mol. The first kappa shape index (κ1) is 18.5. The van der Waals surface area contributed by atoms with E-state index in [1.165, 1.54) is 53.5 Å². The second kappa shape index (κ2) is 8.87. The molecule has 0 heterocycles. The van der Waals surface area contributed by atoms with Crippen LogP contribution in [0.4, 0.5) is 0 Å². The highest BCUT2D eigenvalue weighted by Gasteiger charge is 2.12. The third-order valence-electron chi connectivity index (χ3n) is 4.66. The number of allylic oxidation sites excluding steroid dienone is 1. The van der Waals surface area contributed by atoms with Crippen molar-refractivity contribution in [2.45, 2.75) is 66.2 Å². The van der Waals surface area contributed by atoms with E-state index in [1.54, 1.807) is 5.57 Å². The third kappa shape index (κ3) is 4.60. The van der Waals surface area contributed by atoms with Gasteiger partial charge < -0.3 is 0 Å². The summed E-state index contributed by atoms with van der Waals surface area (Å²) < 4.78 is 0. The first-order valence-electron chi connectivity index (χ1n) is 9.46. The topological polar surface area (TPSA) is 0 Å². The Labute approximate surface area is 148 Å². The minimum absolute atomic E-state index is 0.580. The van der Waals surface area contributed by atoms with Crippen molar-refractivity contribution in [3.8, 4) is 0 Å². The van der Waals surface area contributed by atoms with Crippen LogP contribution in [-0.2, 0) is 0 Å². The fraction of sp³-hybridized carbons (Fsp3) is 0.417. The van der Waals surface area contributed by atoms with Crippen LogP contribution >= 0.6 is 0 Å². The molecule has 2 aromatic carbocycles. The van der Waals surface area contributed by atoms with Crippen LogP contribution in [0.5, 0.6) is 0 Å². The molecule has 0 aromatic heterocycles. The van der Waals surface area contributed by atoms with Crippen LogP contribution in [0.3, 0.4) is 0 Å². The molecule has 0 radical (unpaired) electrons. The summed E-state index contributed by atoms with van der Waals surface area (Å²) in [6, 6.07) is 18.2. The zero-order chi connectivity index (χ0) is 17.5. The smallest absolute Gasteiger partial charge is 0.0119 e. The van der Waals surface area contributed by atoms with E-state index in [9.17, 15) is 0 Å². The van der Waals surface area contributed by atoms with Gasteiger partial charge in [-0.3, -0.25) is 0 Å². The Morgan fingerprint density at radius 1 is 0.750 bits per heavy atom. The molecule has 0 amide bonds. The van der Waals surface area contributed by atoms with Crippen molar-refractivity contribution < 1.29 is 0 Å². The highest BCUT2D eigenvalue weighted by Crippen LogP contribution is 2.32. The Morgan fingerprint density at radius 3 is 1.62 bits per heavy atom. The number of rotatable bonds is 7. The summed E-state index contributed by atoms with van der Waals surface area (Å²) >= 11 is 0. The van der Waals surface area contributed by atoms with Gasteiger partial charge in [-0.1, -0.05) is 100 Å². The molecule has 0 aliphatic rings. The van der Waals surface area contributed by atoms with Gasteiger partial charge in [-0.25, -0.2) is 0 Å². The van der Waals surface area contributed by atoms with Crippen molar-refractivity contribution in [3.05, 3.63) is 76.4 Å². The Bertz CT molecular complexity index is 646. The zero-order valence-corrected chi connectivity index (χ0v) is 16.0. The lowest BCUT2D eigenvalue weighted by Crippen LogP contribution is -1.97. The molecule has 0 saturated carbocycles. The summed E-state index contributed by atoms with van der Waals surface area (Å²) in [7, 11) is 0. The lowest BCUT2D eigenvalue weighted by molar-refractivity contribution is 0.806. The van der Waals surface area contributed by atoms with E-state index in [-0.39, 0.29) is 0 Å². The Hall–Kier alpha value is -1.82. The van der Waals surface area contributed by atoms with E-state index >= 15 is 0 Å². The fourth-order valence-corrected chi connectivity index (χ4v) is 3.31. The molecule has 0 aliphatic heterocycles. The molecular formula is C24H32. The standard InChI is InChI=1S/C24H32/c1-6-8-21(9-7-2)24(22-12-10-19(5)11-13-22)23-16-14-20(15-17-23)18(3)4/h10-18H,6-9H2,1-5H3. The van der Waals surface area contributed by atoms with Gasteiger partial charge in [0.1, 0.15) is 0 Å². The predicted octanol–water partition coefficient (Wildman–Crippen LogP) is 7.52.